The van der Waals surface area contributed by atoms with Crippen molar-refractivity contribution in [3.05, 3.63) is 0 Å². The molecule has 0 amide bonds. The summed E-state index contributed by atoms with van der Waals surface area (Å²) in [5.74, 6) is 0.185. The van der Waals surface area contributed by atoms with Crippen molar-refractivity contribution in [1.82, 2.24) is 10.6 Å². The van der Waals surface area contributed by atoms with Crippen molar-refractivity contribution in [2.24, 2.45) is 20.2 Å². The van der Waals surface area contributed by atoms with Crippen LogP contribution in [0.4, 0.5) is 0 Å². The Bertz CT molecular complexity index is 578. The van der Waals surface area contributed by atoms with Gasteiger partial charge in [0, 0.05) is 12.1 Å². The van der Waals surface area contributed by atoms with Crippen LogP contribution in [0.15, 0.2) is 20.2 Å². The molecule has 0 saturated heterocycles. The van der Waals surface area contributed by atoms with E-state index in [1.54, 1.807) is 27.7 Å². The number of amidine groups is 2. The Kier molecular flexibility index (Phi) is 4.87. The summed E-state index contributed by atoms with van der Waals surface area (Å²) in [5.41, 5.74) is -2.18. The van der Waals surface area contributed by atoms with E-state index in [0.29, 0.717) is 24.8 Å². The van der Waals surface area contributed by atoms with Gasteiger partial charge in [-0.1, -0.05) is 0 Å². The molecular formula is C16H26N6O2. The van der Waals surface area contributed by atoms with Gasteiger partial charge in [-0.05, 0) is 41.5 Å². The molecule has 0 aromatic carbocycles. The minimum Gasteiger partial charge on any atom is -0.363 e. The summed E-state index contributed by atoms with van der Waals surface area (Å²) in [6.45, 7) is 11.7. The minimum absolute atomic E-state index is 0.142. The summed E-state index contributed by atoms with van der Waals surface area (Å²) in [6.07, 6.45) is 0. The molecule has 2 N–H and O–H groups in total. The van der Waals surface area contributed by atoms with Crippen LogP contribution in [0.5, 0.6) is 0 Å². The maximum Gasteiger partial charge on any atom is 0.226 e. The van der Waals surface area contributed by atoms with E-state index in [-0.39, 0.29) is 23.7 Å². The molecule has 2 aliphatic heterocycles. The molecular weight excluding hydrogens is 308 g/mol. The van der Waals surface area contributed by atoms with Gasteiger partial charge in [-0.25, -0.2) is 0 Å². The summed E-state index contributed by atoms with van der Waals surface area (Å²) < 4.78 is 0. The molecule has 2 aliphatic rings. The number of aliphatic imine (C=N–C) groups is 2. The van der Waals surface area contributed by atoms with Crippen LogP contribution < -0.4 is 10.6 Å². The van der Waals surface area contributed by atoms with E-state index in [9.17, 15) is 9.59 Å². The Morgan fingerprint density at radius 3 is 1.46 bits per heavy atom. The smallest absolute Gasteiger partial charge is 0.226 e. The van der Waals surface area contributed by atoms with E-state index in [4.69, 9.17) is 0 Å². The predicted octanol–water partition coefficient (Wildman–Crippen LogP) is 0.914. The number of rotatable bonds is 6. The van der Waals surface area contributed by atoms with Gasteiger partial charge >= 0.3 is 0 Å². The van der Waals surface area contributed by atoms with Crippen molar-refractivity contribution < 1.29 is 9.59 Å². The van der Waals surface area contributed by atoms with Crippen molar-refractivity contribution in [2.75, 3.05) is 13.1 Å². The molecule has 0 radical (unpaired) electrons. The average molecular weight is 334 g/mol. The fraction of sp³-hybridized carbons (Fsp3) is 0.750. The van der Waals surface area contributed by atoms with E-state index < -0.39 is 11.1 Å². The number of hydrogen-bond acceptors (Lipinski definition) is 8. The molecule has 2 unspecified atom stereocenters. The third-order valence-electron chi connectivity index (χ3n) is 3.90. The second-order valence-electron chi connectivity index (χ2n) is 7.45. The van der Waals surface area contributed by atoms with E-state index in [1.165, 1.54) is 0 Å². The average Bonchev–Trinajstić information content (AvgIpc) is 3.12. The number of nitrogens with one attached hydrogen (secondary N) is 2. The number of carbonyl (C=O) groups excluding carboxylic acids is 2. The fourth-order valence-electron chi connectivity index (χ4n) is 2.30. The van der Waals surface area contributed by atoms with E-state index in [2.05, 4.69) is 30.8 Å². The third kappa shape index (κ3) is 3.85. The molecule has 2 rings (SSSR count). The molecule has 0 fully saturated rings. The van der Waals surface area contributed by atoms with Gasteiger partial charge in [0.05, 0.1) is 13.1 Å². The highest BCUT2D eigenvalue weighted by molar-refractivity contribution is 6.43. The first-order chi connectivity index (χ1) is 11.0. The highest BCUT2D eigenvalue weighted by Gasteiger charge is 2.37. The van der Waals surface area contributed by atoms with Crippen molar-refractivity contribution in [3.63, 3.8) is 0 Å². The molecule has 0 spiro atoms. The molecule has 0 aromatic heterocycles. The maximum atomic E-state index is 12.5. The molecule has 0 aliphatic carbocycles. The van der Waals surface area contributed by atoms with Crippen LogP contribution in [-0.2, 0) is 9.59 Å². The van der Waals surface area contributed by atoms with Gasteiger partial charge in [0.1, 0.15) is 11.1 Å². The maximum absolute atomic E-state index is 12.5. The Morgan fingerprint density at radius 1 is 0.875 bits per heavy atom. The molecule has 2 heterocycles. The van der Waals surface area contributed by atoms with Gasteiger partial charge in [0.15, 0.2) is 11.7 Å². The lowest BCUT2D eigenvalue weighted by molar-refractivity contribution is -0.118. The van der Waals surface area contributed by atoms with Gasteiger partial charge in [-0.2, -0.15) is 10.2 Å². The molecule has 2 atom stereocenters. The quantitative estimate of drug-likeness (QED) is 0.704. The molecule has 0 aromatic rings. The molecule has 0 saturated carbocycles. The number of hydrogen-bond donors (Lipinski definition) is 2. The fourth-order valence-corrected chi connectivity index (χ4v) is 2.30. The summed E-state index contributed by atoms with van der Waals surface area (Å²) in [5, 5.41) is 14.4. The second-order valence-corrected chi connectivity index (χ2v) is 7.45. The predicted molar refractivity (Wildman–Crippen MR) is 92.8 cm³/mol. The number of Topliss-reactive ketones (excluding diaryl/α,β-unsaturated/α-hetero) is 2. The van der Waals surface area contributed by atoms with Gasteiger partial charge < -0.3 is 10.6 Å². The van der Waals surface area contributed by atoms with Gasteiger partial charge in [0.2, 0.25) is 11.6 Å². The SMILES string of the molecule is CC1CN=C(C(=O)C(C)(C)N=NC(C)(C)C(=O)C2=NCC(C)N2)N1. The van der Waals surface area contributed by atoms with E-state index >= 15 is 0 Å². The van der Waals surface area contributed by atoms with E-state index in [0.717, 1.165) is 0 Å². The van der Waals surface area contributed by atoms with Crippen LogP contribution in [0, 0.1) is 0 Å². The normalized spacial score (nSPS) is 24.4. The highest BCUT2D eigenvalue weighted by Crippen LogP contribution is 2.20. The Morgan fingerprint density at radius 2 is 1.21 bits per heavy atom. The standard InChI is InChI=1S/C16H26N6O2/c1-9-7-17-13(19-9)11(23)15(3,4)21-22-16(5,6)12(24)14-18-8-10(2)20-14/h9-10H,7-8H2,1-6H3,(H,17,19)(H,18,20). The van der Waals surface area contributed by atoms with Crippen LogP contribution in [0.1, 0.15) is 41.5 Å². The van der Waals surface area contributed by atoms with Gasteiger partial charge in [-0.3, -0.25) is 19.6 Å². The molecule has 132 valence electrons. The zero-order valence-corrected chi connectivity index (χ0v) is 15.2. The van der Waals surface area contributed by atoms with Crippen molar-refractivity contribution in [1.29, 1.82) is 0 Å². The summed E-state index contributed by atoms with van der Waals surface area (Å²) >= 11 is 0. The van der Waals surface area contributed by atoms with Crippen LogP contribution in [-0.4, -0.2) is 59.5 Å². The summed E-state index contributed by atoms with van der Waals surface area (Å²) in [6, 6.07) is 0.284. The van der Waals surface area contributed by atoms with Gasteiger partial charge in [-0.15, -0.1) is 0 Å². The lowest BCUT2D eigenvalue weighted by Gasteiger charge is -2.22. The zero-order chi connectivity index (χ0) is 18.1. The highest BCUT2D eigenvalue weighted by atomic mass is 16.1. The van der Waals surface area contributed by atoms with Crippen LogP contribution in [0.25, 0.3) is 0 Å². The molecule has 8 heteroatoms. The van der Waals surface area contributed by atoms with Crippen LogP contribution >= 0.6 is 0 Å². The number of carbonyl (C=O) groups is 2. The lowest BCUT2D eigenvalue weighted by Crippen LogP contribution is -2.45. The minimum atomic E-state index is -1.09. The summed E-state index contributed by atoms with van der Waals surface area (Å²) in [7, 11) is 0. The largest absolute Gasteiger partial charge is 0.363 e. The van der Waals surface area contributed by atoms with Crippen molar-refractivity contribution in [2.45, 2.75) is 64.7 Å². The number of azo groups is 1. The van der Waals surface area contributed by atoms with Crippen LogP contribution in [0.2, 0.25) is 0 Å². The molecule has 8 nitrogen and oxygen atoms in total. The van der Waals surface area contributed by atoms with Crippen molar-refractivity contribution >= 4 is 23.2 Å². The Hall–Kier alpha value is -2.12. The molecule has 24 heavy (non-hydrogen) atoms. The summed E-state index contributed by atoms with van der Waals surface area (Å²) in [4.78, 5) is 33.4. The van der Waals surface area contributed by atoms with E-state index in [1.807, 2.05) is 13.8 Å². The third-order valence-corrected chi connectivity index (χ3v) is 3.90. The lowest BCUT2D eigenvalue weighted by atomic mass is 9.98. The second kappa shape index (κ2) is 6.41. The first-order valence-electron chi connectivity index (χ1n) is 8.18. The van der Waals surface area contributed by atoms with Crippen molar-refractivity contribution in [3.8, 4) is 0 Å². The number of nitrogens with zero attached hydrogens (tertiary/aromatic N) is 4. The Labute approximate surface area is 142 Å². The molecule has 0 bridgehead atoms. The van der Waals surface area contributed by atoms with Crippen LogP contribution in [0.3, 0.4) is 0 Å². The first kappa shape index (κ1) is 18.2. The number of ketones is 2. The first-order valence-corrected chi connectivity index (χ1v) is 8.18. The Balaban J connectivity index is 2.09. The zero-order valence-electron chi connectivity index (χ0n) is 15.2. The monoisotopic (exact) mass is 334 g/mol. The topological polar surface area (TPSA) is 108 Å². The van der Waals surface area contributed by atoms with Gasteiger partial charge in [0.25, 0.3) is 0 Å².